The van der Waals surface area contributed by atoms with Gasteiger partial charge in [-0.15, -0.1) is 0 Å². The first kappa shape index (κ1) is 23.1. The molecule has 0 spiro atoms. The molecule has 0 atom stereocenters. The minimum absolute atomic E-state index is 0.145. The summed E-state index contributed by atoms with van der Waals surface area (Å²) in [4.78, 5) is 30.8. The molecule has 7 heteroatoms. The standard InChI is InChI=1S/C24H37N5O2/c1-2-25-24(26-14-8-16-29-15-7-13-22(29)30)27-18-19-9-6-12-21(17-19)28-23(31)20-10-4-3-5-11-20/h6,9,12,17,20H,2-5,7-8,10-11,13-16,18H2,1H3,(H,28,31)(H2,25,26,27). The van der Waals surface area contributed by atoms with E-state index in [1.165, 1.54) is 6.42 Å². The van der Waals surface area contributed by atoms with Crippen LogP contribution in [0.5, 0.6) is 0 Å². The van der Waals surface area contributed by atoms with E-state index in [1.54, 1.807) is 0 Å². The minimum atomic E-state index is 0.145. The van der Waals surface area contributed by atoms with Gasteiger partial charge in [-0.3, -0.25) is 9.59 Å². The number of guanidine groups is 1. The first-order valence-corrected chi connectivity index (χ1v) is 11.9. The maximum absolute atomic E-state index is 12.5. The van der Waals surface area contributed by atoms with Gasteiger partial charge in [0, 0.05) is 44.2 Å². The normalized spacial score (nSPS) is 17.6. The van der Waals surface area contributed by atoms with Crippen molar-refractivity contribution in [2.45, 2.75) is 64.8 Å². The zero-order valence-corrected chi connectivity index (χ0v) is 18.8. The van der Waals surface area contributed by atoms with Crippen LogP contribution in [-0.2, 0) is 16.1 Å². The van der Waals surface area contributed by atoms with Crippen molar-refractivity contribution in [1.29, 1.82) is 0 Å². The van der Waals surface area contributed by atoms with Gasteiger partial charge in [-0.1, -0.05) is 31.4 Å². The van der Waals surface area contributed by atoms with Crippen LogP contribution in [0.4, 0.5) is 5.69 Å². The third-order valence-corrected chi connectivity index (χ3v) is 6.00. The Hall–Kier alpha value is -2.57. The zero-order valence-electron chi connectivity index (χ0n) is 18.8. The average Bonchev–Trinajstić information content (AvgIpc) is 3.20. The SMILES string of the molecule is CCNC(=NCc1cccc(NC(=O)C2CCCCC2)c1)NCCCN1CCCC1=O. The van der Waals surface area contributed by atoms with Crippen LogP contribution in [-0.4, -0.2) is 48.9 Å². The predicted molar refractivity (Wildman–Crippen MR) is 125 cm³/mol. The summed E-state index contributed by atoms with van der Waals surface area (Å²) in [7, 11) is 0. The van der Waals surface area contributed by atoms with E-state index in [0.717, 1.165) is 81.9 Å². The minimum Gasteiger partial charge on any atom is -0.357 e. The van der Waals surface area contributed by atoms with Crippen molar-refractivity contribution in [3.05, 3.63) is 29.8 Å². The van der Waals surface area contributed by atoms with Crippen LogP contribution in [0.25, 0.3) is 0 Å². The molecule has 1 aliphatic carbocycles. The lowest BCUT2D eigenvalue weighted by Crippen LogP contribution is -2.39. The molecule has 3 rings (SSSR count). The lowest BCUT2D eigenvalue weighted by molar-refractivity contribution is -0.127. The summed E-state index contributed by atoms with van der Waals surface area (Å²) in [6.07, 6.45) is 8.13. The summed E-state index contributed by atoms with van der Waals surface area (Å²) in [5.74, 6) is 1.34. The quantitative estimate of drug-likeness (QED) is 0.321. The molecule has 1 aromatic rings. The third kappa shape index (κ3) is 7.56. The molecule has 170 valence electrons. The first-order chi connectivity index (χ1) is 15.2. The molecule has 2 fully saturated rings. The average molecular weight is 428 g/mol. The van der Waals surface area contributed by atoms with Gasteiger partial charge in [0.15, 0.2) is 5.96 Å². The lowest BCUT2D eigenvalue weighted by Gasteiger charge is -2.20. The molecule has 2 amide bonds. The van der Waals surface area contributed by atoms with Crippen molar-refractivity contribution >= 4 is 23.5 Å². The van der Waals surface area contributed by atoms with Crippen LogP contribution in [0.15, 0.2) is 29.3 Å². The molecule has 1 saturated heterocycles. The number of anilines is 1. The Bertz CT molecular complexity index is 758. The van der Waals surface area contributed by atoms with Crippen LogP contribution in [0, 0.1) is 5.92 Å². The highest BCUT2D eigenvalue weighted by atomic mass is 16.2. The number of carbonyl (C=O) groups is 2. The van der Waals surface area contributed by atoms with E-state index in [2.05, 4.69) is 20.9 Å². The number of aliphatic imine (C=N–C) groups is 1. The molecule has 0 aromatic heterocycles. The number of rotatable bonds is 9. The zero-order chi connectivity index (χ0) is 21.9. The molecule has 3 N–H and O–H groups in total. The highest BCUT2D eigenvalue weighted by molar-refractivity contribution is 5.92. The second kappa shape index (κ2) is 12.3. The summed E-state index contributed by atoms with van der Waals surface area (Å²) in [5.41, 5.74) is 1.90. The summed E-state index contributed by atoms with van der Waals surface area (Å²) >= 11 is 0. The molecule has 1 saturated carbocycles. The van der Waals surface area contributed by atoms with E-state index >= 15 is 0 Å². The maximum Gasteiger partial charge on any atom is 0.227 e. The lowest BCUT2D eigenvalue weighted by atomic mass is 9.88. The molecular formula is C24H37N5O2. The van der Waals surface area contributed by atoms with Crippen LogP contribution < -0.4 is 16.0 Å². The van der Waals surface area contributed by atoms with E-state index in [9.17, 15) is 9.59 Å². The van der Waals surface area contributed by atoms with Gasteiger partial charge in [-0.25, -0.2) is 4.99 Å². The van der Waals surface area contributed by atoms with Crippen molar-refractivity contribution in [3.8, 4) is 0 Å². The topological polar surface area (TPSA) is 85.8 Å². The van der Waals surface area contributed by atoms with Crippen molar-refractivity contribution in [3.63, 3.8) is 0 Å². The van der Waals surface area contributed by atoms with Gasteiger partial charge in [0.1, 0.15) is 0 Å². The predicted octanol–water partition coefficient (Wildman–Crippen LogP) is 3.27. The molecule has 1 aromatic carbocycles. The molecule has 0 bridgehead atoms. The van der Waals surface area contributed by atoms with E-state index in [4.69, 9.17) is 0 Å². The van der Waals surface area contributed by atoms with Crippen LogP contribution >= 0.6 is 0 Å². The van der Waals surface area contributed by atoms with Gasteiger partial charge < -0.3 is 20.9 Å². The summed E-state index contributed by atoms with van der Waals surface area (Å²) in [6.45, 7) is 5.82. The number of hydrogen-bond acceptors (Lipinski definition) is 3. The van der Waals surface area contributed by atoms with E-state index < -0.39 is 0 Å². The second-order valence-corrected chi connectivity index (χ2v) is 8.48. The number of nitrogens with zero attached hydrogens (tertiary/aromatic N) is 2. The first-order valence-electron chi connectivity index (χ1n) is 11.9. The smallest absolute Gasteiger partial charge is 0.227 e. The highest BCUT2D eigenvalue weighted by Crippen LogP contribution is 2.25. The second-order valence-electron chi connectivity index (χ2n) is 8.48. The molecule has 0 radical (unpaired) electrons. The van der Waals surface area contributed by atoms with Gasteiger partial charge in [0.05, 0.1) is 6.54 Å². The molecule has 1 aliphatic heterocycles. The Morgan fingerprint density at radius 3 is 2.74 bits per heavy atom. The molecular weight excluding hydrogens is 390 g/mol. The Labute approximate surface area is 186 Å². The van der Waals surface area contributed by atoms with E-state index in [0.29, 0.717) is 13.0 Å². The molecule has 31 heavy (non-hydrogen) atoms. The van der Waals surface area contributed by atoms with Crippen LogP contribution in [0.1, 0.15) is 63.9 Å². The maximum atomic E-state index is 12.5. The summed E-state index contributed by atoms with van der Waals surface area (Å²) in [5, 5.41) is 9.71. The van der Waals surface area contributed by atoms with Gasteiger partial charge in [0.2, 0.25) is 11.8 Å². The van der Waals surface area contributed by atoms with Crippen LogP contribution in [0.3, 0.4) is 0 Å². The summed E-state index contributed by atoms with van der Waals surface area (Å²) in [6, 6.07) is 7.95. The fourth-order valence-electron chi connectivity index (χ4n) is 4.29. The highest BCUT2D eigenvalue weighted by Gasteiger charge is 2.21. The number of benzene rings is 1. The van der Waals surface area contributed by atoms with Crippen LogP contribution in [0.2, 0.25) is 0 Å². The van der Waals surface area contributed by atoms with Gasteiger partial charge in [0.25, 0.3) is 0 Å². The molecule has 1 heterocycles. The van der Waals surface area contributed by atoms with Gasteiger partial charge in [-0.05, 0) is 50.3 Å². The largest absolute Gasteiger partial charge is 0.357 e. The number of hydrogen-bond donors (Lipinski definition) is 3. The van der Waals surface area contributed by atoms with Crippen molar-refractivity contribution in [2.75, 3.05) is 31.5 Å². The number of amides is 2. The van der Waals surface area contributed by atoms with Crippen molar-refractivity contribution in [1.82, 2.24) is 15.5 Å². The Balaban J connectivity index is 1.47. The Morgan fingerprint density at radius 1 is 1.16 bits per heavy atom. The molecule has 7 nitrogen and oxygen atoms in total. The Kier molecular flexibility index (Phi) is 9.18. The van der Waals surface area contributed by atoms with Crippen molar-refractivity contribution < 1.29 is 9.59 Å². The van der Waals surface area contributed by atoms with E-state index in [-0.39, 0.29) is 17.7 Å². The van der Waals surface area contributed by atoms with Gasteiger partial charge >= 0.3 is 0 Å². The van der Waals surface area contributed by atoms with Gasteiger partial charge in [-0.2, -0.15) is 0 Å². The molecule has 2 aliphatic rings. The Morgan fingerprint density at radius 2 is 2.00 bits per heavy atom. The number of likely N-dealkylation sites (tertiary alicyclic amines) is 1. The summed E-state index contributed by atoms with van der Waals surface area (Å²) < 4.78 is 0. The number of nitrogens with one attached hydrogen (secondary N) is 3. The monoisotopic (exact) mass is 427 g/mol. The fraction of sp³-hybridized carbons (Fsp3) is 0.625. The third-order valence-electron chi connectivity index (χ3n) is 6.00. The van der Waals surface area contributed by atoms with Crippen molar-refractivity contribution in [2.24, 2.45) is 10.9 Å². The fourth-order valence-corrected chi connectivity index (χ4v) is 4.29. The number of carbonyl (C=O) groups excluding carboxylic acids is 2. The van der Waals surface area contributed by atoms with E-state index in [1.807, 2.05) is 36.1 Å². The molecule has 0 unspecified atom stereocenters.